The Morgan fingerprint density at radius 1 is 1.14 bits per heavy atom. The number of aromatic nitrogens is 2. The maximum Gasteiger partial charge on any atom is 0.329 e. The van der Waals surface area contributed by atoms with Gasteiger partial charge in [-0.25, -0.2) is 9.78 Å². The van der Waals surface area contributed by atoms with Gasteiger partial charge < -0.3 is 5.11 Å². The van der Waals surface area contributed by atoms with Gasteiger partial charge >= 0.3 is 5.97 Å². The van der Waals surface area contributed by atoms with Crippen molar-refractivity contribution in [2.24, 2.45) is 0 Å². The average molecular weight is 413 g/mol. The Hall–Kier alpha value is -2.47. The summed E-state index contributed by atoms with van der Waals surface area (Å²) in [6.07, 6.45) is 0.776. The van der Waals surface area contributed by atoms with Gasteiger partial charge in [0.25, 0.3) is 5.56 Å². The lowest BCUT2D eigenvalue weighted by Gasteiger charge is -2.24. The van der Waals surface area contributed by atoms with E-state index in [9.17, 15) is 14.7 Å². The Labute approximate surface area is 175 Å². The van der Waals surface area contributed by atoms with Crippen LogP contribution >= 0.6 is 11.3 Å². The Bertz CT molecular complexity index is 1150. The molecule has 0 bridgehead atoms. The number of hydrogen-bond acceptors (Lipinski definition) is 4. The molecule has 5 nitrogen and oxygen atoms in total. The van der Waals surface area contributed by atoms with E-state index in [4.69, 9.17) is 0 Å². The lowest BCUT2D eigenvalue weighted by Crippen LogP contribution is -2.44. The molecule has 0 unspecified atom stereocenters. The molecule has 0 aliphatic heterocycles. The number of carbonyl (C=O) groups is 1. The average Bonchev–Trinajstić information content (AvgIpc) is 2.99. The fourth-order valence-corrected chi connectivity index (χ4v) is 4.81. The number of thiophene rings is 1. The van der Waals surface area contributed by atoms with Crippen molar-refractivity contribution in [1.82, 2.24) is 9.55 Å². The van der Waals surface area contributed by atoms with E-state index in [1.807, 2.05) is 12.1 Å². The number of hydrogen-bond donors (Lipinski definition) is 1. The van der Waals surface area contributed by atoms with Crippen LogP contribution in [-0.4, -0.2) is 20.6 Å². The quantitative estimate of drug-likeness (QED) is 0.646. The first kappa shape index (κ1) is 21.2. The van der Waals surface area contributed by atoms with Gasteiger partial charge in [0.1, 0.15) is 16.2 Å². The summed E-state index contributed by atoms with van der Waals surface area (Å²) in [5, 5.41) is 10.2. The molecule has 3 aromatic rings. The molecule has 2 heterocycles. The zero-order valence-corrected chi connectivity index (χ0v) is 18.9. The number of carboxylic acids is 1. The predicted molar refractivity (Wildman–Crippen MR) is 119 cm³/mol. The Morgan fingerprint density at radius 2 is 1.72 bits per heavy atom. The zero-order valence-electron chi connectivity index (χ0n) is 18.1. The van der Waals surface area contributed by atoms with Crippen LogP contribution in [0.2, 0.25) is 0 Å². The molecule has 154 valence electrons. The minimum absolute atomic E-state index is 0.0414. The number of fused-ring (bicyclic) bond motifs is 1. The van der Waals surface area contributed by atoms with Crippen LogP contribution in [-0.2, 0) is 22.2 Å². The summed E-state index contributed by atoms with van der Waals surface area (Å²) < 4.78 is 1.30. The van der Waals surface area contributed by atoms with Gasteiger partial charge in [0, 0.05) is 10.4 Å². The first-order valence-corrected chi connectivity index (χ1v) is 10.6. The molecule has 0 spiro atoms. The van der Waals surface area contributed by atoms with E-state index in [2.05, 4.69) is 44.8 Å². The number of aliphatic carboxylic acids is 1. The summed E-state index contributed by atoms with van der Waals surface area (Å²) in [5.41, 5.74) is 1.41. The molecule has 6 heteroatoms. The molecule has 0 atom stereocenters. The van der Waals surface area contributed by atoms with Crippen LogP contribution in [0.1, 0.15) is 57.8 Å². The Kier molecular flexibility index (Phi) is 5.20. The minimum atomic E-state index is -1.38. The minimum Gasteiger partial charge on any atom is -0.480 e. The van der Waals surface area contributed by atoms with Crippen LogP contribution < -0.4 is 5.56 Å². The fraction of sp³-hybridized carbons (Fsp3) is 0.435. The maximum atomic E-state index is 13.5. The van der Waals surface area contributed by atoms with Crippen molar-refractivity contribution >= 4 is 27.5 Å². The smallest absolute Gasteiger partial charge is 0.329 e. The van der Waals surface area contributed by atoms with Crippen molar-refractivity contribution in [3.8, 4) is 11.1 Å². The molecule has 29 heavy (non-hydrogen) atoms. The molecular weight excluding hydrogens is 384 g/mol. The molecule has 0 fully saturated rings. The largest absolute Gasteiger partial charge is 0.480 e. The number of nitrogens with zero attached hydrogens (tertiary/aromatic N) is 2. The number of aryl methyl sites for hydroxylation is 2. The monoisotopic (exact) mass is 412 g/mol. The van der Waals surface area contributed by atoms with E-state index in [0.717, 1.165) is 22.4 Å². The van der Waals surface area contributed by atoms with Crippen LogP contribution in [0.25, 0.3) is 21.3 Å². The lowest BCUT2D eigenvalue weighted by atomic mass is 9.86. The molecule has 3 rings (SSSR count). The first-order valence-electron chi connectivity index (χ1n) is 9.79. The van der Waals surface area contributed by atoms with Crippen LogP contribution in [0.5, 0.6) is 0 Å². The zero-order chi connectivity index (χ0) is 21.7. The SMILES string of the molecule is CCc1sc2nc(C)n(C(C)(C)C(=O)O)c(=O)c2c1-c1ccc(C(C)(C)C)cc1. The molecule has 0 amide bonds. The molecule has 0 aliphatic carbocycles. The maximum absolute atomic E-state index is 13.5. The van der Waals surface area contributed by atoms with Gasteiger partial charge in [-0.1, -0.05) is 52.0 Å². The van der Waals surface area contributed by atoms with E-state index >= 15 is 0 Å². The Balaban J connectivity index is 2.36. The van der Waals surface area contributed by atoms with Crippen LogP contribution in [0.3, 0.4) is 0 Å². The van der Waals surface area contributed by atoms with E-state index < -0.39 is 11.5 Å². The molecule has 0 aliphatic rings. The third-order valence-electron chi connectivity index (χ3n) is 5.41. The molecule has 0 saturated heterocycles. The topological polar surface area (TPSA) is 72.2 Å². The van der Waals surface area contributed by atoms with Crippen LogP contribution in [0, 0.1) is 6.92 Å². The van der Waals surface area contributed by atoms with Crippen molar-refractivity contribution in [3.63, 3.8) is 0 Å². The third kappa shape index (κ3) is 3.50. The van der Waals surface area contributed by atoms with Crippen molar-refractivity contribution in [1.29, 1.82) is 0 Å². The second-order valence-corrected chi connectivity index (χ2v) is 10.0. The van der Waals surface area contributed by atoms with Gasteiger partial charge in [-0.2, -0.15) is 0 Å². The van der Waals surface area contributed by atoms with Gasteiger partial charge in [-0.05, 0) is 43.7 Å². The molecule has 2 aromatic heterocycles. The molecule has 0 radical (unpaired) electrons. The highest BCUT2D eigenvalue weighted by atomic mass is 32.1. The standard InChI is InChI=1S/C23H28N2O3S/c1-8-16-17(14-9-11-15(12-10-14)22(3,4)5)18-19(29-16)24-13(2)25(20(18)26)23(6,7)21(27)28/h9-12H,8H2,1-7H3,(H,27,28). The number of benzene rings is 1. The highest BCUT2D eigenvalue weighted by Gasteiger charge is 2.34. The fourth-order valence-electron chi connectivity index (χ4n) is 3.64. The van der Waals surface area contributed by atoms with Crippen molar-refractivity contribution < 1.29 is 9.90 Å². The first-order chi connectivity index (χ1) is 13.4. The highest BCUT2D eigenvalue weighted by molar-refractivity contribution is 7.19. The van der Waals surface area contributed by atoms with E-state index in [1.54, 1.807) is 6.92 Å². The Morgan fingerprint density at radius 3 is 2.21 bits per heavy atom. The van der Waals surface area contributed by atoms with Crippen LogP contribution in [0.4, 0.5) is 0 Å². The van der Waals surface area contributed by atoms with Crippen LogP contribution in [0.15, 0.2) is 29.1 Å². The summed E-state index contributed by atoms with van der Waals surface area (Å²) >= 11 is 1.51. The second-order valence-electron chi connectivity index (χ2n) is 8.93. The lowest BCUT2D eigenvalue weighted by molar-refractivity contribution is -0.145. The second kappa shape index (κ2) is 7.10. The van der Waals surface area contributed by atoms with Crippen molar-refractivity contribution in [3.05, 3.63) is 50.9 Å². The molecule has 1 aromatic carbocycles. The molecule has 1 N–H and O–H groups in total. The highest BCUT2D eigenvalue weighted by Crippen LogP contribution is 2.38. The van der Waals surface area contributed by atoms with Crippen molar-refractivity contribution in [2.75, 3.05) is 0 Å². The summed E-state index contributed by atoms with van der Waals surface area (Å²) in [4.78, 5) is 31.7. The summed E-state index contributed by atoms with van der Waals surface area (Å²) in [7, 11) is 0. The van der Waals surface area contributed by atoms with E-state index in [1.165, 1.54) is 35.3 Å². The number of rotatable bonds is 4. The summed E-state index contributed by atoms with van der Waals surface area (Å²) in [5.74, 6) is -0.653. The van der Waals surface area contributed by atoms with Gasteiger partial charge in [0.05, 0.1) is 5.39 Å². The van der Waals surface area contributed by atoms with Gasteiger partial charge in [0.2, 0.25) is 0 Å². The van der Waals surface area contributed by atoms with E-state index in [-0.39, 0.29) is 11.0 Å². The third-order valence-corrected chi connectivity index (χ3v) is 6.64. The van der Waals surface area contributed by atoms with Crippen molar-refractivity contribution in [2.45, 2.75) is 65.8 Å². The normalized spacial score (nSPS) is 12.5. The predicted octanol–water partition coefficient (Wildman–Crippen LogP) is 5.11. The molecule has 0 saturated carbocycles. The molecular formula is C23H28N2O3S. The summed E-state index contributed by atoms with van der Waals surface area (Å²) in [6.45, 7) is 13.3. The van der Waals surface area contributed by atoms with Gasteiger partial charge in [-0.15, -0.1) is 11.3 Å². The van der Waals surface area contributed by atoms with Gasteiger partial charge in [0.15, 0.2) is 0 Å². The van der Waals surface area contributed by atoms with E-state index in [0.29, 0.717) is 16.0 Å². The summed E-state index contributed by atoms with van der Waals surface area (Å²) in [6, 6.07) is 8.29. The number of carboxylic acid groups (broad SMARTS) is 1. The van der Waals surface area contributed by atoms with Gasteiger partial charge in [-0.3, -0.25) is 9.36 Å².